The van der Waals surface area contributed by atoms with Crippen molar-refractivity contribution in [2.45, 2.75) is 20.4 Å². The second-order valence-electron chi connectivity index (χ2n) is 4.47. The molecule has 0 atom stereocenters. The van der Waals surface area contributed by atoms with E-state index in [0.717, 1.165) is 11.1 Å². The van der Waals surface area contributed by atoms with Crippen molar-refractivity contribution < 1.29 is 14.7 Å². The Labute approximate surface area is 113 Å². The molecule has 5 heteroatoms. The largest absolute Gasteiger partial charge is 0.480 e. The van der Waals surface area contributed by atoms with E-state index in [1.54, 1.807) is 14.0 Å². The Kier molecular flexibility index (Phi) is 5.36. The summed E-state index contributed by atoms with van der Waals surface area (Å²) < 4.78 is 0. The van der Waals surface area contributed by atoms with Gasteiger partial charge in [0.15, 0.2) is 0 Å². The molecule has 0 aromatic heterocycles. The first-order valence-electron chi connectivity index (χ1n) is 6.22. The van der Waals surface area contributed by atoms with Crippen molar-refractivity contribution in [3.8, 4) is 0 Å². The van der Waals surface area contributed by atoms with E-state index in [2.05, 4.69) is 0 Å². The van der Waals surface area contributed by atoms with Gasteiger partial charge in [-0.2, -0.15) is 0 Å². The fraction of sp³-hybridized carbons (Fsp3) is 0.429. The average molecular weight is 264 g/mol. The van der Waals surface area contributed by atoms with E-state index in [4.69, 9.17) is 5.11 Å². The van der Waals surface area contributed by atoms with E-state index >= 15 is 0 Å². The molecule has 0 saturated heterocycles. The number of rotatable bonds is 5. The molecule has 0 fully saturated rings. The van der Waals surface area contributed by atoms with Gasteiger partial charge < -0.3 is 14.9 Å². The highest BCUT2D eigenvalue weighted by Crippen LogP contribution is 2.10. The molecular weight excluding hydrogens is 244 g/mol. The summed E-state index contributed by atoms with van der Waals surface area (Å²) in [5, 5.41) is 8.77. The predicted molar refractivity (Wildman–Crippen MR) is 72.9 cm³/mol. The van der Waals surface area contributed by atoms with Crippen molar-refractivity contribution >= 4 is 12.0 Å². The third-order valence-corrected chi connectivity index (χ3v) is 2.97. The van der Waals surface area contributed by atoms with Gasteiger partial charge in [-0.1, -0.05) is 24.3 Å². The molecule has 0 spiro atoms. The molecule has 0 unspecified atom stereocenters. The van der Waals surface area contributed by atoms with E-state index in [0.29, 0.717) is 13.1 Å². The number of carbonyl (C=O) groups excluding carboxylic acids is 1. The monoisotopic (exact) mass is 264 g/mol. The number of aliphatic carboxylic acids is 1. The van der Waals surface area contributed by atoms with Gasteiger partial charge in [0.2, 0.25) is 0 Å². The van der Waals surface area contributed by atoms with Gasteiger partial charge in [0, 0.05) is 20.1 Å². The zero-order valence-electron chi connectivity index (χ0n) is 11.6. The first-order chi connectivity index (χ1) is 8.95. The van der Waals surface area contributed by atoms with Gasteiger partial charge in [-0.15, -0.1) is 0 Å². The van der Waals surface area contributed by atoms with Crippen molar-refractivity contribution in [2.24, 2.45) is 0 Å². The Morgan fingerprint density at radius 3 is 2.42 bits per heavy atom. The average Bonchev–Trinajstić information content (AvgIpc) is 2.37. The van der Waals surface area contributed by atoms with E-state index < -0.39 is 5.97 Å². The first kappa shape index (κ1) is 15.0. The van der Waals surface area contributed by atoms with E-state index in [-0.39, 0.29) is 12.6 Å². The number of carbonyl (C=O) groups is 2. The molecule has 0 heterocycles. The number of hydrogen-bond acceptors (Lipinski definition) is 2. The fourth-order valence-corrected chi connectivity index (χ4v) is 1.83. The quantitative estimate of drug-likeness (QED) is 0.884. The SMILES string of the molecule is CCN(CC(=O)O)C(=O)N(C)Cc1ccccc1C. The number of benzene rings is 1. The Hall–Kier alpha value is -2.04. The van der Waals surface area contributed by atoms with Crippen LogP contribution in [0.5, 0.6) is 0 Å². The minimum Gasteiger partial charge on any atom is -0.480 e. The Morgan fingerprint density at radius 2 is 1.89 bits per heavy atom. The molecular formula is C14H20N2O3. The van der Waals surface area contributed by atoms with Gasteiger partial charge in [-0.25, -0.2) is 4.79 Å². The third-order valence-electron chi connectivity index (χ3n) is 2.97. The summed E-state index contributed by atoms with van der Waals surface area (Å²) in [5.74, 6) is -1.00. The number of urea groups is 1. The number of carboxylic acid groups (broad SMARTS) is 1. The lowest BCUT2D eigenvalue weighted by Gasteiger charge is -2.26. The molecule has 1 aromatic rings. The maximum absolute atomic E-state index is 12.1. The Bertz CT molecular complexity index is 460. The summed E-state index contributed by atoms with van der Waals surface area (Å²) in [6, 6.07) is 7.56. The third kappa shape index (κ3) is 4.28. The summed E-state index contributed by atoms with van der Waals surface area (Å²) in [6.07, 6.45) is 0. The number of nitrogens with zero attached hydrogens (tertiary/aromatic N) is 2. The fourth-order valence-electron chi connectivity index (χ4n) is 1.83. The van der Waals surface area contributed by atoms with Crippen LogP contribution in [0.15, 0.2) is 24.3 Å². The van der Waals surface area contributed by atoms with Crippen LogP contribution < -0.4 is 0 Å². The molecule has 1 aromatic carbocycles. The zero-order chi connectivity index (χ0) is 14.4. The van der Waals surface area contributed by atoms with Gasteiger partial charge in [-0.3, -0.25) is 4.79 Å². The van der Waals surface area contributed by atoms with Crippen LogP contribution >= 0.6 is 0 Å². The first-order valence-corrected chi connectivity index (χ1v) is 6.22. The van der Waals surface area contributed by atoms with E-state index in [1.807, 2.05) is 31.2 Å². The van der Waals surface area contributed by atoms with Gasteiger partial charge in [0.05, 0.1) is 0 Å². The summed E-state index contributed by atoms with van der Waals surface area (Å²) in [6.45, 7) is 4.34. The molecule has 0 radical (unpaired) electrons. The second-order valence-corrected chi connectivity index (χ2v) is 4.47. The van der Waals surface area contributed by atoms with Gasteiger partial charge in [-0.05, 0) is 25.0 Å². The molecule has 0 saturated carbocycles. The Morgan fingerprint density at radius 1 is 1.26 bits per heavy atom. The number of carboxylic acids is 1. The molecule has 5 nitrogen and oxygen atoms in total. The van der Waals surface area contributed by atoms with Crippen LogP contribution in [-0.4, -0.2) is 47.0 Å². The maximum atomic E-state index is 12.1. The van der Waals surface area contributed by atoms with Crippen molar-refractivity contribution in [1.29, 1.82) is 0 Å². The van der Waals surface area contributed by atoms with Crippen LogP contribution in [0.2, 0.25) is 0 Å². The lowest BCUT2D eigenvalue weighted by molar-refractivity contribution is -0.137. The van der Waals surface area contributed by atoms with Crippen molar-refractivity contribution in [1.82, 2.24) is 9.80 Å². The van der Waals surface area contributed by atoms with Crippen LogP contribution in [-0.2, 0) is 11.3 Å². The van der Waals surface area contributed by atoms with Gasteiger partial charge >= 0.3 is 12.0 Å². The van der Waals surface area contributed by atoms with Crippen LogP contribution in [0.1, 0.15) is 18.1 Å². The molecule has 104 valence electrons. The molecule has 1 rings (SSSR count). The molecule has 2 amide bonds. The summed E-state index contributed by atoms with van der Waals surface area (Å²) in [5.41, 5.74) is 2.17. The second kappa shape index (κ2) is 6.78. The van der Waals surface area contributed by atoms with Gasteiger partial charge in [0.1, 0.15) is 6.54 Å². The highest BCUT2D eigenvalue weighted by molar-refractivity contribution is 5.80. The number of hydrogen-bond donors (Lipinski definition) is 1. The number of aryl methyl sites for hydroxylation is 1. The highest BCUT2D eigenvalue weighted by atomic mass is 16.4. The topological polar surface area (TPSA) is 60.9 Å². The highest BCUT2D eigenvalue weighted by Gasteiger charge is 2.19. The summed E-state index contributed by atoms with van der Waals surface area (Å²) in [7, 11) is 1.68. The normalized spacial score (nSPS) is 10.1. The van der Waals surface area contributed by atoms with Crippen molar-refractivity contribution in [3.63, 3.8) is 0 Å². The molecule has 0 aliphatic carbocycles. The minimum absolute atomic E-state index is 0.270. The molecule has 19 heavy (non-hydrogen) atoms. The number of amides is 2. The predicted octanol–water partition coefficient (Wildman–Crippen LogP) is 1.95. The lowest BCUT2D eigenvalue weighted by atomic mass is 10.1. The van der Waals surface area contributed by atoms with Crippen LogP contribution in [0.4, 0.5) is 4.79 Å². The zero-order valence-corrected chi connectivity index (χ0v) is 11.6. The van der Waals surface area contributed by atoms with E-state index in [1.165, 1.54) is 9.80 Å². The van der Waals surface area contributed by atoms with Crippen molar-refractivity contribution in [3.05, 3.63) is 35.4 Å². The maximum Gasteiger partial charge on any atom is 0.323 e. The summed E-state index contributed by atoms with van der Waals surface area (Å²) >= 11 is 0. The van der Waals surface area contributed by atoms with Crippen LogP contribution in [0, 0.1) is 6.92 Å². The standard InChI is InChI=1S/C14H20N2O3/c1-4-16(10-13(17)18)14(19)15(3)9-12-8-6-5-7-11(12)2/h5-8H,4,9-10H2,1-3H3,(H,17,18). The summed E-state index contributed by atoms with van der Waals surface area (Å²) in [4.78, 5) is 25.7. The Balaban J connectivity index is 2.71. The molecule has 1 N–H and O–H groups in total. The molecule has 0 aliphatic rings. The molecule has 0 aliphatic heterocycles. The van der Waals surface area contributed by atoms with Crippen LogP contribution in [0.25, 0.3) is 0 Å². The lowest BCUT2D eigenvalue weighted by Crippen LogP contribution is -2.43. The minimum atomic E-state index is -1.00. The number of likely N-dealkylation sites (N-methyl/N-ethyl adjacent to an activating group) is 1. The van der Waals surface area contributed by atoms with Gasteiger partial charge in [0.25, 0.3) is 0 Å². The van der Waals surface area contributed by atoms with Crippen LogP contribution in [0.3, 0.4) is 0 Å². The smallest absolute Gasteiger partial charge is 0.323 e. The van der Waals surface area contributed by atoms with Crippen molar-refractivity contribution in [2.75, 3.05) is 20.1 Å². The van der Waals surface area contributed by atoms with E-state index in [9.17, 15) is 9.59 Å². The molecule has 0 bridgehead atoms.